The van der Waals surface area contributed by atoms with Gasteiger partial charge in [-0.25, -0.2) is 0 Å². The molecule has 0 bridgehead atoms. The van der Waals surface area contributed by atoms with Gasteiger partial charge in [-0.1, -0.05) is 0 Å². The normalized spacial score (nSPS) is 10.3. The van der Waals surface area contributed by atoms with E-state index in [0.29, 0.717) is 5.56 Å². The zero-order valence-corrected chi connectivity index (χ0v) is 9.36. The highest BCUT2D eigenvalue weighted by atomic mass is 31.0. The summed E-state index contributed by atoms with van der Waals surface area (Å²) in [7, 11) is 4.92. The van der Waals surface area contributed by atoms with Gasteiger partial charge >= 0.3 is 0 Å². The number of phenolic OH excluding ortho intramolecular Hbond substituents is 2. The molecule has 2 N–H and O–H groups in total. The number of hydrogen-bond acceptors (Lipinski definition) is 2. The van der Waals surface area contributed by atoms with Gasteiger partial charge in [-0.3, -0.25) is 0 Å². The quantitative estimate of drug-likeness (QED) is 0.608. The van der Waals surface area contributed by atoms with Crippen molar-refractivity contribution in [2.75, 3.05) is 0 Å². The highest BCUT2D eigenvalue weighted by Crippen LogP contribution is 2.26. The number of rotatable bonds is 0. The first kappa shape index (κ1) is 9.77. The van der Waals surface area contributed by atoms with Crippen LogP contribution in [-0.2, 0) is 0 Å². The fraction of sp³-hybridized carbons (Fsp3) is 0.250. The molecule has 0 aromatic heterocycles. The Bertz CT molecular complexity index is 229. The monoisotopic (exact) mass is 202 g/mol. The zero-order chi connectivity index (χ0) is 9.46. The molecule has 2 atom stereocenters. The molecule has 0 spiro atoms. The maximum Gasteiger partial charge on any atom is 0.129 e. The molecule has 1 aromatic rings. The van der Waals surface area contributed by atoms with E-state index in [9.17, 15) is 10.2 Å². The van der Waals surface area contributed by atoms with E-state index in [1.165, 1.54) is 0 Å². The molecule has 2 unspecified atom stereocenters. The van der Waals surface area contributed by atoms with Gasteiger partial charge in [-0.05, 0) is 19.4 Å². The van der Waals surface area contributed by atoms with Crippen LogP contribution in [-0.4, -0.2) is 10.2 Å². The molecule has 0 saturated heterocycles. The predicted octanol–water partition coefficient (Wildman–Crippen LogP) is 0.715. The van der Waals surface area contributed by atoms with E-state index < -0.39 is 0 Å². The van der Waals surface area contributed by atoms with E-state index in [1.807, 2.05) is 6.92 Å². The van der Waals surface area contributed by atoms with E-state index in [-0.39, 0.29) is 11.5 Å². The minimum atomic E-state index is 0.154. The molecular formula is C8H12O2P2. The van der Waals surface area contributed by atoms with Crippen LogP contribution in [0.2, 0.25) is 0 Å². The zero-order valence-electron chi connectivity index (χ0n) is 7.05. The molecule has 1 aromatic carbocycles. The van der Waals surface area contributed by atoms with Crippen LogP contribution in [0.1, 0.15) is 11.1 Å². The van der Waals surface area contributed by atoms with Crippen molar-refractivity contribution in [2.45, 2.75) is 13.8 Å². The van der Waals surface area contributed by atoms with Crippen molar-refractivity contribution >= 4 is 29.1 Å². The molecule has 2 nitrogen and oxygen atoms in total. The third-order valence-electron chi connectivity index (χ3n) is 2.03. The standard InChI is InChI=1S/C8H12O2P2/c1-3-5(9)7(11)4(2)8(12)6(3)10/h9-10H,11-12H2,1-2H3. The Balaban J connectivity index is 3.60. The summed E-state index contributed by atoms with van der Waals surface area (Å²) in [6, 6.07) is 0. The SMILES string of the molecule is Cc1c(O)c(P)c(C)c(P)c1O. The van der Waals surface area contributed by atoms with Gasteiger partial charge < -0.3 is 10.2 Å². The number of phenols is 2. The first-order valence-electron chi connectivity index (χ1n) is 3.52. The molecule has 0 amide bonds. The van der Waals surface area contributed by atoms with Crippen molar-refractivity contribution in [3.8, 4) is 11.5 Å². The Morgan fingerprint density at radius 1 is 0.833 bits per heavy atom. The van der Waals surface area contributed by atoms with Crippen molar-refractivity contribution in [3.63, 3.8) is 0 Å². The summed E-state index contributed by atoms with van der Waals surface area (Å²) in [5.74, 6) is 0.308. The lowest BCUT2D eigenvalue weighted by atomic mass is 10.1. The average Bonchev–Trinajstić information content (AvgIpc) is 2.08. The summed E-state index contributed by atoms with van der Waals surface area (Å²) in [4.78, 5) is 0. The molecular weight excluding hydrogens is 190 g/mol. The summed E-state index contributed by atoms with van der Waals surface area (Å²) in [5, 5.41) is 20.5. The second kappa shape index (κ2) is 3.20. The van der Waals surface area contributed by atoms with Gasteiger partial charge in [0.15, 0.2) is 0 Å². The van der Waals surface area contributed by atoms with Crippen LogP contribution in [0.25, 0.3) is 0 Å². The maximum absolute atomic E-state index is 9.50. The molecule has 0 radical (unpaired) electrons. The van der Waals surface area contributed by atoms with Crippen LogP contribution in [0, 0.1) is 13.8 Å². The van der Waals surface area contributed by atoms with Gasteiger partial charge in [-0.2, -0.15) is 0 Å². The summed E-state index contributed by atoms with van der Waals surface area (Å²) in [6.07, 6.45) is 0. The smallest absolute Gasteiger partial charge is 0.129 e. The molecule has 4 heteroatoms. The van der Waals surface area contributed by atoms with Crippen LogP contribution < -0.4 is 10.6 Å². The molecule has 0 aliphatic heterocycles. The predicted molar refractivity (Wildman–Crippen MR) is 57.9 cm³/mol. The summed E-state index contributed by atoms with van der Waals surface area (Å²) in [5.41, 5.74) is 1.40. The lowest BCUT2D eigenvalue weighted by Gasteiger charge is -2.12. The second-order valence-electron chi connectivity index (χ2n) is 2.77. The van der Waals surface area contributed by atoms with Crippen molar-refractivity contribution in [3.05, 3.63) is 11.1 Å². The van der Waals surface area contributed by atoms with Gasteiger partial charge in [0.1, 0.15) is 11.5 Å². The van der Waals surface area contributed by atoms with E-state index in [1.54, 1.807) is 6.92 Å². The van der Waals surface area contributed by atoms with Gasteiger partial charge in [0, 0.05) is 16.2 Å². The lowest BCUT2D eigenvalue weighted by molar-refractivity contribution is 0.448. The molecule has 12 heavy (non-hydrogen) atoms. The van der Waals surface area contributed by atoms with Crippen molar-refractivity contribution in [2.24, 2.45) is 0 Å². The highest BCUT2D eigenvalue weighted by molar-refractivity contribution is 7.30. The summed E-state index contributed by atoms with van der Waals surface area (Å²) < 4.78 is 0. The Labute approximate surface area is 76.4 Å². The van der Waals surface area contributed by atoms with Gasteiger partial charge in [-0.15, -0.1) is 18.5 Å². The minimum Gasteiger partial charge on any atom is -0.507 e. The Morgan fingerprint density at radius 3 is 1.50 bits per heavy atom. The third kappa shape index (κ3) is 1.30. The van der Waals surface area contributed by atoms with E-state index in [0.717, 1.165) is 16.2 Å². The van der Waals surface area contributed by atoms with Crippen molar-refractivity contribution < 1.29 is 10.2 Å². The molecule has 0 fully saturated rings. The van der Waals surface area contributed by atoms with E-state index in [2.05, 4.69) is 18.5 Å². The average molecular weight is 202 g/mol. The van der Waals surface area contributed by atoms with Crippen LogP contribution in [0.15, 0.2) is 0 Å². The minimum absolute atomic E-state index is 0.154. The first-order chi connectivity index (χ1) is 5.46. The number of benzene rings is 1. The Kier molecular flexibility index (Phi) is 2.61. The van der Waals surface area contributed by atoms with Crippen molar-refractivity contribution in [1.82, 2.24) is 0 Å². The molecule has 0 heterocycles. The summed E-state index contributed by atoms with van der Waals surface area (Å²) in [6.45, 7) is 3.54. The molecule has 0 aliphatic carbocycles. The second-order valence-corrected chi connectivity index (χ2v) is 3.93. The maximum atomic E-state index is 9.50. The fourth-order valence-corrected chi connectivity index (χ4v) is 1.93. The van der Waals surface area contributed by atoms with Gasteiger partial charge in [0.25, 0.3) is 0 Å². The first-order valence-corrected chi connectivity index (χ1v) is 4.68. The third-order valence-corrected chi connectivity index (χ3v) is 3.44. The van der Waals surface area contributed by atoms with E-state index in [4.69, 9.17) is 0 Å². The topological polar surface area (TPSA) is 40.5 Å². The van der Waals surface area contributed by atoms with Crippen LogP contribution in [0.4, 0.5) is 0 Å². The number of hydrogen-bond donors (Lipinski definition) is 2. The van der Waals surface area contributed by atoms with Crippen LogP contribution >= 0.6 is 18.5 Å². The highest BCUT2D eigenvalue weighted by Gasteiger charge is 2.12. The molecule has 0 aliphatic rings. The Morgan fingerprint density at radius 2 is 1.17 bits per heavy atom. The fourth-order valence-electron chi connectivity index (χ4n) is 1.02. The molecule has 66 valence electrons. The van der Waals surface area contributed by atoms with Crippen molar-refractivity contribution in [1.29, 1.82) is 0 Å². The van der Waals surface area contributed by atoms with Gasteiger partial charge in [0.05, 0.1) is 0 Å². The number of aromatic hydroxyl groups is 2. The van der Waals surface area contributed by atoms with E-state index >= 15 is 0 Å². The lowest BCUT2D eigenvalue weighted by Crippen LogP contribution is -2.11. The summed E-state index contributed by atoms with van der Waals surface area (Å²) >= 11 is 0. The van der Waals surface area contributed by atoms with Gasteiger partial charge in [0.2, 0.25) is 0 Å². The Hall–Kier alpha value is -0.320. The van der Waals surface area contributed by atoms with Crippen LogP contribution in [0.3, 0.4) is 0 Å². The largest absolute Gasteiger partial charge is 0.507 e. The van der Waals surface area contributed by atoms with Crippen LogP contribution in [0.5, 0.6) is 11.5 Å². The molecule has 1 rings (SSSR count). The molecule has 0 saturated carbocycles.